The molecule has 0 spiro atoms. The minimum absolute atomic E-state index is 0.415. The van der Waals surface area contributed by atoms with Crippen molar-refractivity contribution in [3.05, 3.63) is 33.4 Å². The summed E-state index contributed by atoms with van der Waals surface area (Å²) < 4.78 is 1.30. The predicted octanol–water partition coefficient (Wildman–Crippen LogP) is 4.38. The summed E-state index contributed by atoms with van der Waals surface area (Å²) in [4.78, 5) is 0. The van der Waals surface area contributed by atoms with Gasteiger partial charge in [-0.15, -0.1) is 0 Å². The normalized spacial score (nSPS) is 13.8. The number of rotatable bonds is 4. The highest BCUT2D eigenvalue weighted by Gasteiger charge is 2.15. The molecule has 0 heterocycles. The number of nitrogens with one attached hydrogen (secondary N) is 1. The first-order chi connectivity index (χ1) is 7.42. The Morgan fingerprint density at radius 3 is 2.19 bits per heavy atom. The van der Waals surface area contributed by atoms with Crippen molar-refractivity contribution in [2.45, 2.75) is 39.7 Å². The summed E-state index contributed by atoms with van der Waals surface area (Å²) in [6, 6.07) is 9.29. The van der Waals surface area contributed by atoms with Gasteiger partial charge in [-0.05, 0) is 65.6 Å². The Hall–Kier alpha value is -0.0900. The minimum atomic E-state index is 0.415. The maximum Gasteiger partial charge on any atom is 0.0317 e. The Kier molecular flexibility index (Phi) is 5.25. The lowest BCUT2D eigenvalue weighted by molar-refractivity contribution is 0.338. The highest BCUT2D eigenvalue weighted by atomic mass is 127. The van der Waals surface area contributed by atoms with Gasteiger partial charge in [0.2, 0.25) is 0 Å². The summed E-state index contributed by atoms with van der Waals surface area (Å²) >= 11 is 2.35. The molecular weight excluding hydrogens is 309 g/mol. The van der Waals surface area contributed by atoms with Gasteiger partial charge in [-0.3, -0.25) is 0 Å². The Labute approximate surface area is 113 Å². The van der Waals surface area contributed by atoms with Gasteiger partial charge in [0.1, 0.15) is 0 Å². The van der Waals surface area contributed by atoms with Crippen molar-refractivity contribution in [3.63, 3.8) is 0 Å². The minimum Gasteiger partial charge on any atom is -0.313 e. The second-order valence-corrected chi connectivity index (χ2v) is 6.74. The second-order valence-electron chi connectivity index (χ2n) is 5.49. The van der Waals surface area contributed by atoms with Crippen molar-refractivity contribution in [1.29, 1.82) is 0 Å². The molecule has 0 aliphatic rings. The number of hydrogen-bond donors (Lipinski definition) is 1. The molecule has 1 nitrogen and oxygen atoms in total. The molecule has 16 heavy (non-hydrogen) atoms. The first-order valence-electron chi connectivity index (χ1n) is 5.85. The third kappa shape index (κ3) is 4.83. The molecule has 0 aliphatic heterocycles. The van der Waals surface area contributed by atoms with Gasteiger partial charge in [-0.1, -0.05) is 32.9 Å². The molecule has 90 valence electrons. The van der Waals surface area contributed by atoms with Crippen LogP contribution in [-0.2, 0) is 0 Å². The first kappa shape index (κ1) is 14.0. The van der Waals surface area contributed by atoms with Crippen LogP contribution in [0, 0.1) is 8.99 Å². The third-order valence-electron chi connectivity index (χ3n) is 2.80. The van der Waals surface area contributed by atoms with E-state index in [1.165, 1.54) is 22.0 Å². The van der Waals surface area contributed by atoms with E-state index in [1.807, 2.05) is 7.05 Å². The van der Waals surface area contributed by atoms with E-state index in [0.29, 0.717) is 11.5 Å². The second kappa shape index (κ2) is 6.01. The van der Waals surface area contributed by atoms with Crippen LogP contribution in [0.15, 0.2) is 24.3 Å². The summed E-state index contributed by atoms with van der Waals surface area (Å²) in [7, 11) is 2.05. The smallest absolute Gasteiger partial charge is 0.0317 e. The highest BCUT2D eigenvalue weighted by Crippen LogP contribution is 2.27. The van der Waals surface area contributed by atoms with Crippen LogP contribution in [0.3, 0.4) is 0 Å². The van der Waals surface area contributed by atoms with Crippen LogP contribution in [0.2, 0.25) is 0 Å². The lowest BCUT2D eigenvalue weighted by atomic mass is 9.87. The van der Waals surface area contributed by atoms with Crippen molar-refractivity contribution in [1.82, 2.24) is 5.32 Å². The van der Waals surface area contributed by atoms with Gasteiger partial charge in [-0.2, -0.15) is 0 Å². The quantitative estimate of drug-likeness (QED) is 0.808. The Balaban J connectivity index is 2.64. The third-order valence-corrected chi connectivity index (χ3v) is 3.52. The summed E-state index contributed by atoms with van der Waals surface area (Å²) in [6.45, 7) is 6.90. The van der Waals surface area contributed by atoms with Gasteiger partial charge in [0.25, 0.3) is 0 Å². The first-order valence-corrected chi connectivity index (χ1v) is 6.93. The molecule has 1 aromatic rings. The zero-order valence-electron chi connectivity index (χ0n) is 10.7. The van der Waals surface area contributed by atoms with Crippen LogP contribution in [0.5, 0.6) is 0 Å². The summed E-state index contributed by atoms with van der Waals surface area (Å²) in [5.74, 6) is 0. The van der Waals surface area contributed by atoms with Crippen LogP contribution in [0.4, 0.5) is 0 Å². The molecule has 0 bridgehead atoms. The van der Waals surface area contributed by atoms with Gasteiger partial charge in [-0.25, -0.2) is 0 Å². The Morgan fingerprint density at radius 2 is 1.75 bits per heavy atom. The lowest BCUT2D eigenvalue weighted by Crippen LogP contribution is -2.18. The summed E-state index contributed by atoms with van der Waals surface area (Å²) in [6.07, 6.45) is 2.44. The van der Waals surface area contributed by atoms with Crippen molar-refractivity contribution in [3.8, 4) is 0 Å². The van der Waals surface area contributed by atoms with E-state index in [-0.39, 0.29) is 0 Å². The van der Waals surface area contributed by atoms with E-state index in [2.05, 4.69) is 72.9 Å². The molecule has 0 fully saturated rings. The average molecular weight is 331 g/mol. The van der Waals surface area contributed by atoms with Crippen LogP contribution in [-0.4, -0.2) is 7.05 Å². The highest BCUT2D eigenvalue weighted by molar-refractivity contribution is 14.1. The molecule has 0 aliphatic carbocycles. The lowest BCUT2D eigenvalue weighted by Gasteiger charge is -2.23. The molecule has 1 aromatic carbocycles. The van der Waals surface area contributed by atoms with Gasteiger partial charge in [0.05, 0.1) is 0 Å². The zero-order chi connectivity index (χ0) is 12.2. The summed E-state index contributed by atoms with van der Waals surface area (Å²) in [5, 5.41) is 3.41. The van der Waals surface area contributed by atoms with E-state index < -0.39 is 0 Å². The maximum atomic E-state index is 3.41. The fourth-order valence-corrected chi connectivity index (χ4v) is 2.11. The van der Waals surface area contributed by atoms with Crippen molar-refractivity contribution in [2.24, 2.45) is 5.41 Å². The molecule has 1 N–H and O–H groups in total. The zero-order valence-corrected chi connectivity index (χ0v) is 12.8. The molecule has 0 aromatic heterocycles. The molecule has 0 amide bonds. The molecule has 0 saturated carbocycles. The van der Waals surface area contributed by atoms with Crippen LogP contribution in [0.1, 0.15) is 45.2 Å². The van der Waals surface area contributed by atoms with E-state index in [0.717, 1.165) is 0 Å². The van der Waals surface area contributed by atoms with Gasteiger partial charge in [0, 0.05) is 9.61 Å². The van der Waals surface area contributed by atoms with E-state index in [4.69, 9.17) is 0 Å². The van der Waals surface area contributed by atoms with Gasteiger partial charge >= 0.3 is 0 Å². The number of hydrogen-bond acceptors (Lipinski definition) is 1. The largest absolute Gasteiger partial charge is 0.313 e. The molecule has 1 rings (SSSR count). The van der Waals surface area contributed by atoms with Gasteiger partial charge < -0.3 is 5.32 Å². The SMILES string of the molecule is CNC(CCC(C)(C)C)c1ccc(I)cc1. The Bertz CT molecular complexity index is 311. The fourth-order valence-electron chi connectivity index (χ4n) is 1.75. The molecular formula is C14H22IN. The summed E-state index contributed by atoms with van der Waals surface area (Å²) in [5.41, 5.74) is 1.81. The Morgan fingerprint density at radius 1 is 1.19 bits per heavy atom. The fraction of sp³-hybridized carbons (Fsp3) is 0.571. The van der Waals surface area contributed by atoms with Crippen molar-refractivity contribution >= 4 is 22.6 Å². The van der Waals surface area contributed by atoms with Crippen LogP contribution >= 0.6 is 22.6 Å². The van der Waals surface area contributed by atoms with Crippen molar-refractivity contribution < 1.29 is 0 Å². The molecule has 0 saturated heterocycles. The van der Waals surface area contributed by atoms with Crippen LogP contribution < -0.4 is 5.32 Å². The predicted molar refractivity (Wildman–Crippen MR) is 79.6 cm³/mol. The number of halogens is 1. The standard InChI is InChI=1S/C14H22IN/c1-14(2,3)10-9-13(16-4)11-5-7-12(15)8-6-11/h5-8,13,16H,9-10H2,1-4H3. The van der Waals surface area contributed by atoms with E-state index >= 15 is 0 Å². The topological polar surface area (TPSA) is 12.0 Å². The maximum absolute atomic E-state index is 3.41. The monoisotopic (exact) mass is 331 g/mol. The van der Waals surface area contributed by atoms with Crippen LogP contribution in [0.25, 0.3) is 0 Å². The van der Waals surface area contributed by atoms with Crippen molar-refractivity contribution in [2.75, 3.05) is 7.05 Å². The average Bonchev–Trinajstić information content (AvgIpc) is 2.20. The molecule has 2 heteroatoms. The molecule has 1 unspecified atom stereocenters. The van der Waals surface area contributed by atoms with E-state index in [9.17, 15) is 0 Å². The molecule has 1 atom stereocenters. The molecule has 0 radical (unpaired) electrons. The number of benzene rings is 1. The van der Waals surface area contributed by atoms with E-state index in [1.54, 1.807) is 0 Å². The van der Waals surface area contributed by atoms with Gasteiger partial charge in [0.15, 0.2) is 0 Å².